The Morgan fingerprint density at radius 1 is 1.50 bits per heavy atom. The molecule has 0 aliphatic carbocycles. The van der Waals surface area contributed by atoms with E-state index in [2.05, 4.69) is 5.32 Å². The van der Waals surface area contributed by atoms with Crippen LogP contribution in [0.3, 0.4) is 0 Å². The van der Waals surface area contributed by atoms with E-state index in [1.54, 1.807) is 6.92 Å². The molecule has 0 heterocycles. The Morgan fingerprint density at radius 2 is 2.15 bits per heavy atom. The number of nitro benzene ring substituents is 1. The molecule has 1 atom stereocenters. The van der Waals surface area contributed by atoms with Crippen molar-refractivity contribution in [1.82, 2.24) is 5.32 Å². The number of hydrogen-bond acceptors (Lipinski definition) is 4. The van der Waals surface area contributed by atoms with Crippen molar-refractivity contribution in [2.75, 3.05) is 0 Å². The van der Waals surface area contributed by atoms with E-state index in [0.717, 1.165) is 0 Å². The van der Waals surface area contributed by atoms with Gasteiger partial charge >= 0.3 is 11.7 Å². The van der Waals surface area contributed by atoms with Crippen LogP contribution >= 0.6 is 11.6 Å². The fourth-order valence-corrected chi connectivity index (χ4v) is 1.91. The zero-order chi connectivity index (χ0) is 15.3. The Labute approximate surface area is 119 Å². The molecule has 20 heavy (non-hydrogen) atoms. The van der Waals surface area contributed by atoms with Crippen molar-refractivity contribution >= 4 is 29.2 Å². The van der Waals surface area contributed by atoms with Gasteiger partial charge < -0.3 is 10.4 Å². The smallest absolute Gasteiger partial charge is 0.326 e. The summed E-state index contributed by atoms with van der Waals surface area (Å²) in [5.41, 5.74) is -0.794. The lowest BCUT2D eigenvalue weighted by Crippen LogP contribution is -2.40. The Morgan fingerprint density at radius 3 is 2.65 bits per heavy atom. The van der Waals surface area contributed by atoms with E-state index in [0.29, 0.717) is 6.42 Å². The van der Waals surface area contributed by atoms with E-state index in [9.17, 15) is 19.7 Å². The molecule has 7 nitrogen and oxygen atoms in total. The van der Waals surface area contributed by atoms with Crippen LogP contribution in [0.4, 0.5) is 5.69 Å². The minimum Gasteiger partial charge on any atom is -0.480 e. The first-order valence-corrected chi connectivity index (χ1v) is 6.22. The fourth-order valence-electron chi connectivity index (χ4n) is 1.67. The Kier molecular flexibility index (Phi) is 5.45. The number of hydrogen-bond donors (Lipinski definition) is 2. The Bertz CT molecular complexity index is 547. The lowest BCUT2D eigenvalue weighted by Gasteiger charge is -2.13. The van der Waals surface area contributed by atoms with Crippen LogP contribution in [0.25, 0.3) is 0 Å². The van der Waals surface area contributed by atoms with E-state index in [1.165, 1.54) is 18.2 Å². The van der Waals surface area contributed by atoms with Crippen LogP contribution in [-0.4, -0.2) is 27.9 Å². The summed E-state index contributed by atoms with van der Waals surface area (Å²) in [6, 6.07) is 2.81. The van der Waals surface area contributed by atoms with E-state index >= 15 is 0 Å². The molecular weight excluding hydrogens is 288 g/mol. The largest absolute Gasteiger partial charge is 0.480 e. The molecule has 8 heteroatoms. The van der Waals surface area contributed by atoms with Crippen LogP contribution in [0.1, 0.15) is 30.1 Å². The summed E-state index contributed by atoms with van der Waals surface area (Å²) in [6.45, 7) is 1.77. The first-order valence-electron chi connectivity index (χ1n) is 5.85. The summed E-state index contributed by atoms with van der Waals surface area (Å²) in [4.78, 5) is 33.1. The topological polar surface area (TPSA) is 110 Å². The molecule has 108 valence electrons. The maximum absolute atomic E-state index is 12.0. The summed E-state index contributed by atoms with van der Waals surface area (Å²) in [7, 11) is 0. The van der Waals surface area contributed by atoms with Crippen LogP contribution in [-0.2, 0) is 4.79 Å². The quantitative estimate of drug-likeness (QED) is 0.618. The van der Waals surface area contributed by atoms with Crippen molar-refractivity contribution in [3.8, 4) is 0 Å². The summed E-state index contributed by atoms with van der Waals surface area (Å²) >= 11 is 5.69. The van der Waals surface area contributed by atoms with Crippen molar-refractivity contribution in [2.24, 2.45) is 0 Å². The second-order valence-electron chi connectivity index (χ2n) is 4.05. The van der Waals surface area contributed by atoms with Gasteiger partial charge in [0.2, 0.25) is 0 Å². The van der Waals surface area contributed by atoms with Crippen LogP contribution < -0.4 is 5.32 Å². The van der Waals surface area contributed by atoms with Gasteiger partial charge in [-0.15, -0.1) is 0 Å². The van der Waals surface area contributed by atoms with E-state index in [4.69, 9.17) is 16.7 Å². The number of nitrogens with one attached hydrogen (secondary N) is 1. The van der Waals surface area contributed by atoms with E-state index in [-0.39, 0.29) is 17.0 Å². The lowest BCUT2D eigenvalue weighted by molar-refractivity contribution is -0.385. The molecule has 0 aromatic heterocycles. The van der Waals surface area contributed by atoms with Gasteiger partial charge in [0.15, 0.2) is 0 Å². The number of carboxylic acids is 1. The Hall–Kier alpha value is -2.15. The van der Waals surface area contributed by atoms with Crippen molar-refractivity contribution in [1.29, 1.82) is 0 Å². The molecule has 2 N–H and O–H groups in total. The van der Waals surface area contributed by atoms with Gasteiger partial charge in [-0.2, -0.15) is 0 Å². The number of carbonyl (C=O) groups is 2. The normalized spacial score (nSPS) is 11.7. The number of halogens is 1. The highest BCUT2D eigenvalue weighted by molar-refractivity contribution is 6.33. The van der Waals surface area contributed by atoms with E-state index < -0.39 is 28.5 Å². The number of carboxylic acid groups (broad SMARTS) is 1. The zero-order valence-corrected chi connectivity index (χ0v) is 11.4. The molecule has 1 rings (SSSR count). The van der Waals surface area contributed by atoms with Gasteiger partial charge in [0.05, 0.1) is 4.92 Å². The van der Waals surface area contributed by atoms with Crippen LogP contribution in [0, 0.1) is 10.1 Å². The van der Waals surface area contributed by atoms with Gasteiger partial charge in [-0.3, -0.25) is 14.9 Å². The minimum atomic E-state index is -1.19. The highest BCUT2D eigenvalue weighted by Crippen LogP contribution is 2.28. The third-order valence-electron chi connectivity index (χ3n) is 2.59. The Balaban J connectivity index is 3.06. The van der Waals surface area contributed by atoms with Crippen molar-refractivity contribution in [3.63, 3.8) is 0 Å². The van der Waals surface area contributed by atoms with Crippen molar-refractivity contribution in [3.05, 3.63) is 38.9 Å². The molecule has 0 unspecified atom stereocenters. The van der Waals surface area contributed by atoms with Gasteiger partial charge in [0.25, 0.3) is 5.91 Å². The highest BCUT2D eigenvalue weighted by Gasteiger charge is 2.26. The lowest BCUT2D eigenvalue weighted by atomic mass is 10.1. The fraction of sp³-hybridized carbons (Fsp3) is 0.333. The molecular formula is C12H13ClN2O5. The predicted molar refractivity (Wildman–Crippen MR) is 71.9 cm³/mol. The molecule has 1 aromatic carbocycles. The molecule has 0 radical (unpaired) electrons. The number of benzene rings is 1. The van der Waals surface area contributed by atoms with E-state index in [1.807, 2.05) is 0 Å². The van der Waals surface area contributed by atoms with Gasteiger partial charge in [-0.1, -0.05) is 31.0 Å². The summed E-state index contributed by atoms with van der Waals surface area (Å²) in [6.07, 6.45) is 0.782. The average Bonchev–Trinajstić information content (AvgIpc) is 2.37. The standard InChI is InChI=1S/C12H13ClN2O5/c1-2-4-9(12(17)18)14-11(16)7-5-3-6-8(13)10(7)15(19)20/h3,5-6,9H,2,4H2,1H3,(H,14,16)(H,17,18)/t9-/m1/s1. The molecule has 0 aliphatic rings. The predicted octanol–water partition coefficient (Wildman–Crippen LogP) is 2.23. The average molecular weight is 301 g/mol. The SMILES string of the molecule is CCC[C@@H](NC(=O)c1cccc(Cl)c1[N+](=O)[O-])C(=O)O. The van der Waals surface area contributed by atoms with Crippen molar-refractivity contribution < 1.29 is 19.6 Å². The number of nitro groups is 1. The van der Waals surface area contributed by atoms with Gasteiger partial charge in [0, 0.05) is 0 Å². The zero-order valence-electron chi connectivity index (χ0n) is 10.6. The summed E-state index contributed by atoms with van der Waals surface area (Å²) in [5, 5.41) is 22.0. The number of nitrogens with zero attached hydrogens (tertiary/aromatic N) is 1. The number of para-hydroxylation sites is 1. The summed E-state index contributed by atoms with van der Waals surface area (Å²) < 4.78 is 0. The van der Waals surface area contributed by atoms with Crippen LogP contribution in [0.2, 0.25) is 5.02 Å². The number of rotatable bonds is 6. The number of carbonyl (C=O) groups excluding carboxylic acids is 1. The molecule has 0 bridgehead atoms. The van der Waals surface area contributed by atoms with Crippen LogP contribution in [0.15, 0.2) is 18.2 Å². The van der Waals surface area contributed by atoms with Gasteiger partial charge in [-0.25, -0.2) is 4.79 Å². The maximum Gasteiger partial charge on any atom is 0.326 e. The van der Waals surface area contributed by atoms with Crippen molar-refractivity contribution in [2.45, 2.75) is 25.8 Å². The summed E-state index contributed by atoms with van der Waals surface area (Å²) in [5.74, 6) is -2.02. The minimum absolute atomic E-state index is 0.176. The third kappa shape index (κ3) is 3.67. The molecule has 0 saturated carbocycles. The third-order valence-corrected chi connectivity index (χ3v) is 2.90. The molecule has 0 fully saturated rings. The second-order valence-corrected chi connectivity index (χ2v) is 4.45. The molecule has 1 amide bonds. The molecule has 0 aliphatic heterocycles. The second kappa shape index (κ2) is 6.85. The van der Waals surface area contributed by atoms with Gasteiger partial charge in [0.1, 0.15) is 16.6 Å². The monoisotopic (exact) mass is 300 g/mol. The molecule has 0 saturated heterocycles. The van der Waals surface area contributed by atoms with Crippen LogP contribution in [0.5, 0.6) is 0 Å². The maximum atomic E-state index is 12.0. The highest BCUT2D eigenvalue weighted by atomic mass is 35.5. The molecule has 1 aromatic rings. The number of amides is 1. The molecule has 0 spiro atoms. The number of aliphatic carboxylic acids is 1. The first-order chi connectivity index (χ1) is 9.38. The van der Waals surface area contributed by atoms with Gasteiger partial charge in [-0.05, 0) is 18.6 Å². The first kappa shape index (κ1) is 15.9.